The number of rotatable bonds is 4. The Hall–Kier alpha value is -0.540. The van der Waals surface area contributed by atoms with E-state index >= 15 is 0 Å². The third-order valence-electron chi connectivity index (χ3n) is 2.72. The van der Waals surface area contributed by atoms with Gasteiger partial charge in [-0.3, -0.25) is 4.72 Å². The van der Waals surface area contributed by atoms with Gasteiger partial charge in [-0.25, -0.2) is 8.42 Å². The van der Waals surface area contributed by atoms with Crippen LogP contribution in [-0.2, 0) is 16.6 Å². The lowest BCUT2D eigenvalue weighted by Crippen LogP contribution is -2.14. The van der Waals surface area contributed by atoms with Crippen molar-refractivity contribution < 1.29 is 8.42 Å². The van der Waals surface area contributed by atoms with Gasteiger partial charge in [-0.05, 0) is 64.6 Å². The average molecular weight is 457 g/mol. The Morgan fingerprint density at radius 3 is 2.43 bits per heavy atom. The average Bonchev–Trinajstić information content (AvgIpc) is 2.42. The molecule has 0 aromatic heterocycles. The lowest BCUT2D eigenvalue weighted by Gasteiger charge is -2.11. The predicted molar refractivity (Wildman–Crippen MR) is 94.3 cm³/mol. The lowest BCUT2D eigenvalue weighted by molar-refractivity contribution is 0.601. The van der Waals surface area contributed by atoms with Crippen molar-refractivity contribution in [2.45, 2.75) is 11.4 Å². The van der Waals surface area contributed by atoms with Crippen LogP contribution in [0.3, 0.4) is 0 Å². The molecule has 0 heterocycles. The summed E-state index contributed by atoms with van der Waals surface area (Å²) in [7, 11) is -3.75. The molecule has 4 nitrogen and oxygen atoms in total. The van der Waals surface area contributed by atoms with Crippen molar-refractivity contribution in [1.82, 2.24) is 0 Å². The molecule has 21 heavy (non-hydrogen) atoms. The SMILES string of the molecule is NCc1cc(S(=O)(=O)Nc2ccc(I)cc2Cl)ccc1Cl. The highest BCUT2D eigenvalue weighted by Crippen LogP contribution is 2.27. The molecule has 0 saturated carbocycles. The third kappa shape index (κ3) is 4.01. The topological polar surface area (TPSA) is 72.2 Å². The van der Waals surface area contributed by atoms with Crippen LogP contribution >= 0.6 is 45.8 Å². The van der Waals surface area contributed by atoms with E-state index in [-0.39, 0.29) is 11.4 Å². The Balaban J connectivity index is 2.38. The summed E-state index contributed by atoms with van der Waals surface area (Å²) in [5, 5.41) is 0.766. The molecule has 0 radical (unpaired) electrons. The van der Waals surface area contributed by atoms with E-state index in [0.717, 1.165) is 3.57 Å². The standard InChI is InChI=1S/C13H11Cl2IN2O2S/c14-11-3-2-10(5-8(11)7-17)21(19,20)18-13-4-1-9(16)6-12(13)15/h1-6,18H,7,17H2. The van der Waals surface area contributed by atoms with Crippen molar-refractivity contribution in [1.29, 1.82) is 0 Å². The maximum absolute atomic E-state index is 12.4. The summed E-state index contributed by atoms with van der Waals surface area (Å²) in [5.41, 5.74) is 6.42. The van der Waals surface area contributed by atoms with Crippen LogP contribution in [-0.4, -0.2) is 8.42 Å². The summed E-state index contributed by atoms with van der Waals surface area (Å²) in [4.78, 5) is 0.0852. The van der Waals surface area contributed by atoms with E-state index < -0.39 is 10.0 Å². The Bertz CT molecular complexity index is 782. The third-order valence-corrected chi connectivity index (χ3v) is 5.44. The van der Waals surface area contributed by atoms with Crippen LogP contribution in [0.2, 0.25) is 10.0 Å². The highest BCUT2D eigenvalue weighted by molar-refractivity contribution is 14.1. The molecule has 8 heteroatoms. The van der Waals surface area contributed by atoms with E-state index in [1.807, 2.05) is 0 Å². The number of halogens is 3. The van der Waals surface area contributed by atoms with Crippen molar-refractivity contribution in [2.75, 3.05) is 4.72 Å². The molecule has 0 aliphatic carbocycles. The highest BCUT2D eigenvalue weighted by atomic mass is 127. The van der Waals surface area contributed by atoms with E-state index in [4.69, 9.17) is 28.9 Å². The summed E-state index contributed by atoms with van der Waals surface area (Å²) in [6, 6.07) is 9.43. The van der Waals surface area contributed by atoms with Gasteiger partial charge in [-0.15, -0.1) is 0 Å². The van der Waals surface area contributed by atoms with E-state index in [9.17, 15) is 8.42 Å². The van der Waals surface area contributed by atoms with Crippen molar-refractivity contribution >= 4 is 61.5 Å². The fraction of sp³-hybridized carbons (Fsp3) is 0.0769. The van der Waals surface area contributed by atoms with Crippen LogP contribution in [0.25, 0.3) is 0 Å². The Kier molecular flexibility index (Phi) is 5.37. The first-order valence-electron chi connectivity index (χ1n) is 5.80. The van der Waals surface area contributed by atoms with Gasteiger partial charge in [-0.2, -0.15) is 0 Å². The van der Waals surface area contributed by atoms with Gasteiger partial charge >= 0.3 is 0 Å². The van der Waals surface area contributed by atoms with Gasteiger partial charge in [-0.1, -0.05) is 23.2 Å². The van der Waals surface area contributed by atoms with Crippen molar-refractivity contribution in [2.24, 2.45) is 5.73 Å². The number of hydrogen-bond donors (Lipinski definition) is 2. The molecular weight excluding hydrogens is 446 g/mol. The molecule has 0 saturated heterocycles. The molecular formula is C13H11Cl2IN2O2S. The highest BCUT2D eigenvalue weighted by Gasteiger charge is 2.17. The van der Waals surface area contributed by atoms with Crippen molar-refractivity contribution in [3.8, 4) is 0 Å². The molecule has 2 aromatic rings. The van der Waals surface area contributed by atoms with Gasteiger partial charge in [0.2, 0.25) is 0 Å². The first-order chi connectivity index (χ1) is 9.83. The van der Waals surface area contributed by atoms with Gasteiger partial charge in [0.1, 0.15) is 0 Å². The Morgan fingerprint density at radius 2 is 1.81 bits per heavy atom. The molecule has 0 atom stereocenters. The van der Waals surface area contributed by atoms with Crippen LogP contribution in [0.15, 0.2) is 41.3 Å². The van der Waals surface area contributed by atoms with E-state index in [1.54, 1.807) is 18.2 Å². The molecule has 2 rings (SSSR count). The fourth-order valence-corrected chi connectivity index (χ4v) is 3.93. The Morgan fingerprint density at radius 1 is 1.10 bits per heavy atom. The van der Waals surface area contributed by atoms with E-state index in [0.29, 0.717) is 21.3 Å². The monoisotopic (exact) mass is 456 g/mol. The number of nitrogens with two attached hydrogens (primary N) is 1. The maximum Gasteiger partial charge on any atom is 0.261 e. The van der Waals surface area contributed by atoms with Crippen LogP contribution in [0, 0.1) is 3.57 Å². The summed E-state index contributed by atoms with van der Waals surface area (Å²) in [6.45, 7) is 0.159. The second kappa shape index (κ2) is 6.70. The smallest absolute Gasteiger partial charge is 0.261 e. The van der Waals surface area contributed by atoms with Gasteiger partial charge < -0.3 is 5.73 Å². The maximum atomic E-state index is 12.4. The molecule has 2 aromatic carbocycles. The molecule has 0 amide bonds. The van der Waals surface area contributed by atoms with Gasteiger partial charge in [0, 0.05) is 15.1 Å². The molecule has 0 bridgehead atoms. The number of anilines is 1. The molecule has 0 aliphatic rings. The predicted octanol–water partition coefficient (Wildman–Crippen LogP) is 3.86. The minimum atomic E-state index is -3.75. The molecule has 112 valence electrons. The molecule has 0 fully saturated rings. The van der Waals surface area contributed by atoms with Crippen molar-refractivity contribution in [3.05, 3.63) is 55.6 Å². The van der Waals surface area contributed by atoms with Crippen LogP contribution in [0.4, 0.5) is 5.69 Å². The summed E-state index contributed by atoms with van der Waals surface area (Å²) >= 11 is 14.1. The number of sulfonamides is 1. The summed E-state index contributed by atoms with van der Waals surface area (Å²) in [5.74, 6) is 0. The fourth-order valence-electron chi connectivity index (χ4n) is 1.65. The normalized spacial score (nSPS) is 11.4. The zero-order valence-electron chi connectivity index (χ0n) is 10.6. The van der Waals surface area contributed by atoms with Gasteiger partial charge in [0.15, 0.2) is 0 Å². The Labute approximate surface area is 146 Å². The first-order valence-corrected chi connectivity index (χ1v) is 9.11. The quantitative estimate of drug-likeness (QED) is 0.686. The second-order valence-electron chi connectivity index (χ2n) is 4.19. The van der Waals surface area contributed by atoms with Gasteiger partial charge in [0.05, 0.1) is 15.6 Å². The zero-order chi connectivity index (χ0) is 15.6. The number of hydrogen-bond acceptors (Lipinski definition) is 3. The van der Waals surface area contributed by atoms with Crippen LogP contribution < -0.4 is 10.5 Å². The largest absolute Gasteiger partial charge is 0.326 e. The molecule has 3 N–H and O–H groups in total. The molecule has 0 aliphatic heterocycles. The number of benzene rings is 2. The van der Waals surface area contributed by atoms with E-state index in [1.165, 1.54) is 18.2 Å². The van der Waals surface area contributed by atoms with Crippen LogP contribution in [0.5, 0.6) is 0 Å². The zero-order valence-corrected chi connectivity index (χ0v) is 15.1. The second-order valence-corrected chi connectivity index (χ2v) is 7.93. The van der Waals surface area contributed by atoms with Crippen molar-refractivity contribution in [3.63, 3.8) is 0 Å². The minimum Gasteiger partial charge on any atom is -0.326 e. The van der Waals surface area contributed by atoms with E-state index in [2.05, 4.69) is 27.3 Å². The minimum absolute atomic E-state index is 0.0852. The van der Waals surface area contributed by atoms with Gasteiger partial charge in [0.25, 0.3) is 10.0 Å². The number of nitrogens with one attached hydrogen (secondary N) is 1. The lowest BCUT2D eigenvalue weighted by atomic mass is 10.2. The summed E-state index contributed by atoms with van der Waals surface area (Å²) in [6.07, 6.45) is 0. The molecule has 0 unspecified atom stereocenters. The first kappa shape index (κ1) is 16.8. The summed E-state index contributed by atoms with van der Waals surface area (Å²) < 4.78 is 28.1. The van der Waals surface area contributed by atoms with Crippen LogP contribution in [0.1, 0.15) is 5.56 Å². The molecule has 0 spiro atoms.